The van der Waals surface area contributed by atoms with Crippen LogP contribution in [-0.2, 0) is 4.74 Å². The fourth-order valence-corrected chi connectivity index (χ4v) is 2.11. The van der Waals surface area contributed by atoms with E-state index in [1.807, 2.05) is 24.3 Å². The second kappa shape index (κ2) is 6.80. The first-order chi connectivity index (χ1) is 10.6. The van der Waals surface area contributed by atoms with Gasteiger partial charge in [-0.15, -0.1) is 6.58 Å². The van der Waals surface area contributed by atoms with Crippen molar-refractivity contribution in [1.29, 1.82) is 0 Å². The van der Waals surface area contributed by atoms with Gasteiger partial charge in [0.1, 0.15) is 5.69 Å². The van der Waals surface area contributed by atoms with E-state index >= 15 is 0 Å². The summed E-state index contributed by atoms with van der Waals surface area (Å²) in [5, 5.41) is 3.52. The zero-order chi connectivity index (χ0) is 16.1. The van der Waals surface area contributed by atoms with Gasteiger partial charge in [-0.2, -0.15) is 0 Å². The van der Waals surface area contributed by atoms with Gasteiger partial charge in [-0.1, -0.05) is 24.3 Å². The number of benzene rings is 1. The number of nitrogens with zero attached hydrogens (tertiary/aromatic N) is 1. The van der Waals surface area contributed by atoms with Crippen molar-refractivity contribution >= 4 is 28.6 Å². The van der Waals surface area contributed by atoms with Crippen molar-refractivity contribution in [3.05, 3.63) is 42.6 Å². The number of ether oxygens (including phenoxy) is 1. The monoisotopic (exact) mass is 301 g/mol. The molecule has 0 aliphatic carbocycles. The molecule has 6 heteroatoms. The van der Waals surface area contributed by atoms with Crippen molar-refractivity contribution < 1.29 is 14.3 Å². The zero-order valence-corrected chi connectivity index (χ0v) is 12.7. The summed E-state index contributed by atoms with van der Waals surface area (Å²) < 4.78 is 5.04. The number of rotatable bonds is 5. The number of amides is 2. The van der Waals surface area contributed by atoms with Gasteiger partial charge in [0.15, 0.2) is 0 Å². The van der Waals surface area contributed by atoms with E-state index < -0.39 is 5.97 Å². The first-order valence-corrected chi connectivity index (χ1v) is 6.99. The van der Waals surface area contributed by atoms with Gasteiger partial charge in [0, 0.05) is 24.5 Å². The van der Waals surface area contributed by atoms with Crippen LogP contribution in [0, 0.1) is 0 Å². The number of anilines is 1. The third-order valence-corrected chi connectivity index (χ3v) is 3.17. The molecular weight excluding hydrogens is 282 g/mol. The number of aromatic nitrogens is 1. The number of carbonyl (C=O) groups is 2. The normalized spacial score (nSPS) is 10.3. The Morgan fingerprint density at radius 1 is 1.41 bits per heavy atom. The second-order valence-electron chi connectivity index (χ2n) is 4.74. The van der Waals surface area contributed by atoms with Crippen LogP contribution in [0.5, 0.6) is 0 Å². The minimum atomic E-state index is -0.500. The van der Waals surface area contributed by atoms with Crippen molar-refractivity contribution in [2.75, 3.05) is 25.5 Å². The molecule has 2 N–H and O–H groups in total. The number of nitrogens with one attached hydrogen (secondary N) is 2. The number of urea groups is 1. The Labute approximate surface area is 128 Å². The molecule has 0 radical (unpaired) electrons. The number of likely N-dealkylation sites (N-methyl/N-ethyl adjacent to an activating group) is 1. The number of H-pyrrole nitrogens is 1. The molecule has 0 saturated carbocycles. The Kier molecular flexibility index (Phi) is 4.83. The van der Waals surface area contributed by atoms with Crippen LogP contribution in [0.15, 0.2) is 36.9 Å². The standard InChI is InChI=1S/C16H19N3O3/c1-4-10-19(3)16(21)18-13-11-8-6-7-9-12(11)17-14(13)15(20)22-5-2/h4,6-9,17H,1,5,10H2,2-3H3,(H,18,21). The molecule has 0 atom stereocenters. The Morgan fingerprint density at radius 3 is 2.82 bits per heavy atom. The Morgan fingerprint density at radius 2 is 2.14 bits per heavy atom. The van der Waals surface area contributed by atoms with Crippen molar-refractivity contribution in [3.63, 3.8) is 0 Å². The van der Waals surface area contributed by atoms with E-state index in [0.29, 0.717) is 12.2 Å². The molecule has 0 bridgehead atoms. The van der Waals surface area contributed by atoms with Gasteiger partial charge in [-0.3, -0.25) is 0 Å². The summed E-state index contributed by atoms with van der Waals surface area (Å²) in [7, 11) is 1.65. The summed E-state index contributed by atoms with van der Waals surface area (Å²) in [6, 6.07) is 7.03. The van der Waals surface area contributed by atoms with Gasteiger partial charge >= 0.3 is 12.0 Å². The topological polar surface area (TPSA) is 74.4 Å². The molecule has 1 heterocycles. The summed E-state index contributed by atoms with van der Waals surface area (Å²) in [4.78, 5) is 28.7. The molecule has 2 aromatic rings. The highest BCUT2D eigenvalue weighted by atomic mass is 16.5. The first kappa shape index (κ1) is 15.6. The molecule has 2 rings (SSSR count). The van der Waals surface area contributed by atoms with Gasteiger partial charge in [0.2, 0.25) is 0 Å². The van der Waals surface area contributed by atoms with E-state index in [4.69, 9.17) is 4.74 Å². The first-order valence-electron chi connectivity index (χ1n) is 6.99. The predicted molar refractivity (Wildman–Crippen MR) is 86.1 cm³/mol. The van der Waals surface area contributed by atoms with Crippen LogP contribution < -0.4 is 5.32 Å². The van der Waals surface area contributed by atoms with Gasteiger partial charge in [0.05, 0.1) is 12.3 Å². The Hall–Kier alpha value is -2.76. The van der Waals surface area contributed by atoms with E-state index in [1.54, 1.807) is 20.0 Å². The van der Waals surface area contributed by atoms with Gasteiger partial charge < -0.3 is 19.9 Å². The van der Waals surface area contributed by atoms with Crippen molar-refractivity contribution in [2.24, 2.45) is 0 Å². The van der Waals surface area contributed by atoms with Gasteiger partial charge in [0.25, 0.3) is 0 Å². The van der Waals surface area contributed by atoms with Crippen molar-refractivity contribution in [2.45, 2.75) is 6.92 Å². The smallest absolute Gasteiger partial charge is 0.356 e. The van der Waals surface area contributed by atoms with E-state index in [-0.39, 0.29) is 18.3 Å². The maximum atomic E-state index is 12.2. The third kappa shape index (κ3) is 3.11. The molecule has 0 aliphatic heterocycles. The number of hydrogen-bond donors (Lipinski definition) is 2. The van der Waals surface area contributed by atoms with Crippen LogP contribution in [0.4, 0.5) is 10.5 Å². The van der Waals surface area contributed by atoms with Crippen LogP contribution >= 0.6 is 0 Å². The summed E-state index contributed by atoms with van der Waals surface area (Å²) in [6.45, 7) is 6.00. The molecule has 1 aromatic carbocycles. The minimum Gasteiger partial charge on any atom is -0.461 e. The number of hydrogen-bond acceptors (Lipinski definition) is 3. The molecule has 6 nitrogen and oxygen atoms in total. The van der Waals surface area contributed by atoms with Crippen LogP contribution in [0.2, 0.25) is 0 Å². The quantitative estimate of drug-likeness (QED) is 0.658. The molecule has 0 spiro atoms. The van der Waals surface area contributed by atoms with Crippen LogP contribution in [-0.4, -0.2) is 42.1 Å². The minimum absolute atomic E-state index is 0.239. The lowest BCUT2D eigenvalue weighted by Gasteiger charge is -2.16. The number of para-hydroxylation sites is 1. The molecule has 2 amide bonds. The number of esters is 1. The Bertz CT molecular complexity index is 706. The predicted octanol–water partition coefficient (Wildman–Crippen LogP) is 2.99. The Balaban J connectivity index is 2.41. The molecule has 0 saturated heterocycles. The van der Waals surface area contributed by atoms with Gasteiger partial charge in [-0.05, 0) is 13.0 Å². The van der Waals surface area contributed by atoms with E-state index in [2.05, 4.69) is 16.9 Å². The summed E-state index contributed by atoms with van der Waals surface area (Å²) >= 11 is 0. The number of aromatic amines is 1. The number of carbonyl (C=O) groups excluding carboxylic acids is 2. The van der Waals surface area contributed by atoms with Crippen LogP contribution in [0.3, 0.4) is 0 Å². The average molecular weight is 301 g/mol. The largest absolute Gasteiger partial charge is 0.461 e. The molecule has 0 aliphatic rings. The fourth-order valence-electron chi connectivity index (χ4n) is 2.11. The van der Waals surface area contributed by atoms with E-state index in [9.17, 15) is 9.59 Å². The summed E-state index contributed by atoms with van der Waals surface area (Å²) in [6.07, 6.45) is 1.63. The van der Waals surface area contributed by atoms with Crippen LogP contribution in [0.1, 0.15) is 17.4 Å². The fraction of sp³-hybridized carbons (Fsp3) is 0.250. The highest BCUT2D eigenvalue weighted by Gasteiger charge is 2.21. The summed E-state index contributed by atoms with van der Waals surface area (Å²) in [5.74, 6) is -0.500. The maximum Gasteiger partial charge on any atom is 0.356 e. The van der Waals surface area contributed by atoms with Crippen LogP contribution in [0.25, 0.3) is 10.9 Å². The molecule has 116 valence electrons. The van der Waals surface area contributed by atoms with E-state index in [0.717, 1.165) is 10.9 Å². The SMILES string of the molecule is C=CCN(C)C(=O)Nc1c(C(=O)OCC)[nH]c2ccccc12. The van der Waals surface area contributed by atoms with E-state index in [1.165, 1.54) is 4.90 Å². The molecular formula is C16H19N3O3. The molecule has 0 fully saturated rings. The van der Waals surface area contributed by atoms with Crippen molar-refractivity contribution in [3.8, 4) is 0 Å². The molecule has 22 heavy (non-hydrogen) atoms. The molecule has 1 aromatic heterocycles. The third-order valence-electron chi connectivity index (χ3n) is 3.17. The lowest BCUT2D eigenvalue weighted by Crippen LogP contribution is -2.31. The lowest BCUT2D eigenvalue weighted by atomic mass is 10.2. The molecule has 0 unspecified atom stereocenters. The average Bonchev–Trinajstić information content (AvgIpc) is 2.87. The maximum absolute atomic E-state index is 12.2. The lowest BCUT2D eigenvalue weighted by molar-refractivity contribution is 0.0522. The summed E-state index contributed by atoms with van der Waals surface area (Å²) in [5.41, 5.74) is 1.42. The van der Waals surface area contributed by atoms with Gasteiger partial charge in [-0.25, -0.2) is 9.59 Å². The highest BCUT2D eigenvalue weighted by molar-refractivity contribution is 6.10. The number of fused-ring (bicyclic) bond motifs is 1. The highest BCUT2D eigenvalue weighted by Crippen LogP contribution is 2.28. The zero-order valence-electron chi connectivity index (χ0n) is 12.7. The second-order valence-corrected chi connectivity index (χ2v) is 4.74. The van der Waals surface area contributed by atoms with Crippen molar-refractivity contribution in [1.82, 2.24) is 9.88 Å².